The summed E-state index contributed by atoms with van der Waals surface area (Å²) in [6.45, 7) is 10.3. The van der Waals surface area contributed by atoms with Crippen LogP contribution in [0.5, 0.6) is 0 Å². The molecule has 0 aromatic carbocycles. The molecule has 0 saturated carbocycles. The second-order valence-corrected chi connectivity index (χ2v) is 11.8. The van der Waals surface area contributed by atoms with Gasteiger partial charge >= 0.3 is 0 Å². The van der Waals surface area contributed by atoms with Crippen LogP contribution in [0, 0.1) is 23.7 Å². The number of nitrogens with zero attached hydrogens (tertiary/aromatic N) is 2. The summed E-state index contributed by atoms with van der Waals surface area (Å²) in [5.74, 6) is -1.27. The number of carbonyl (C=O) groups is 3. The van der Waals surface area contributed by atoms with Gasteiger partial charge in [0.2, 0.25) is 17.7 Å². The molecule has 0 aromatic rings. The molecule has 4 saturated heterocycles. The van der Waals surface area contributed by atoms with Gasteiger partial charge in [0.15, 0.2) is 0 Å². The molecule has 4 rings (SSSR count). The smallest absolute Gasteiger partial charge is 0.244 e. The zero-order valence-electron chi connectivity index (χ0n) is 20.8. The highest BCUT2D eigenvalue weighted by Gasteiger charge is 2.76. The van der Waals surface area contributed by atoms with Crippen molar-refractivity contribution in [3.05, 3.63) is 0 Å². The van der Waals surface area contributed by atoms with E-state index in [2.05, 4.69) is 22.5 Å². The molecule has 8 atom stereocenters. The normalized spacial score (nSPS) is 36.9. The minimum atomic E-state index is -0.694. The SMILES string of the molecule is CC[C@H](C)[C@H](CO)N1C(=O)[C@@H]2[C@H](C(=O)NC)[C@@H]3CC(C)C2(S3)C1C(=O)NCCN1CCOCC1. The van der Waals surface area contributed by atoms with Gasteiger partial charge in [0.05, 0.1) is 42.4 Å². The molecule has 192 valence electrons. The van der Waals surface area contributed by atoms with E-state index in [-0.39, 0.29) is 41.4 Å². The van der Waals surface area contributed by atoms with E-state index < -0.39 is 28.7 Å². The van der Waals surface area contributed by atoms with Crippen molar-refractivity contribution in [1.29, 1.82) is 0 Å². The van der Waals surface area contributed by atoms with Gasteiger partial charge in [-0.2, -0.15) is 0 Å². The van der Waals surface area contributed by atoms with Crippen molar-refractivity contribution in [2.45, 2.75) is 55.7 Å². The molecule has 4 fully saturated rings. The first-order valence-electron chi connectivity index (χ1n) is 12.7. The average molecular weight is 497 g/mol. The fourth-order valence-electron chi connectivity index (χ4n) is 6.66. The summed E-state index contributed by atoms with van der Waals surface area (Å²) in [6.07, 6.45) is 1.59. The van der Waals surface area contributed by atoms with Gasteiger partial charge in [-0.25, -0.2) is 0 Å². The average Bonchev–Trinajstić information content (AvgIpc) is 3.43. The number of carbonyl (C=O) groups excluding carboxylic acids is 3. The summed E-state index contributed by atoms with van der Waals surface area (Å²) >= 11 is 1.67. The molecule has 0 radical (unpaired) electrons. The molecule has 10 heteroatoms. The van der Waals surface area contributed by atoms with E-state index in [1.54, 1.807) is 23.7 Å². The van der Waals surface area contributed by atoms with Crippen LogP contribution in [0.3, 0.4) is 0 Å². The third-order valence-electron chi connectivity index (χ3n) is 8.66. The zero-order chi connectivity index (χ0) is 24.6. The summed E-state index contributed by atoms with van der Waals surface area (Å²) < 4.78 is 4.75. The molecule has 2 bridgehead atoms. The minimum Gasteiger partial charge on any atom is -0.394 e. The van der Waals surface area contributed by atoms with E-state index in [0.717, 1.165) is 32.5 Å². The van der Waals surface area contributed by atoms with Crippen LogP contribution >= 0.6 is 11.8 Å². The number of amides is 3. The summed E-state index contributed by atoms with van der Waals surface area (Å²) in [5, 5.41) is 16.2. The second-order valence-electron chi connectivity index (χ2n) is 10.3. The Balaban J connectivity index is 1.64. The number of ether oxygens (including phenoxy) is 1. The highest BCUT2D eigenvalue weighted by Crippen LogP contribution is 2.68. The molecule has 3 amide bonds. The van der Waals surface area contributed by atoms with Gasteiger partial charge in [0.1, 0.15) is 6.04 Å². The Bertz CT molecular complexity index is 793. The van der Waals surface area contributed by atoms with Crippen molar-refractivity contribution in [2.24, 2.45) is 23.7 Å². The maximum absolute atomic E-state index is 14.0. The Hall–Kier alpha value is -1.36. The molecule has 4 aliphatic rings. The molecule has 34 heavy (non-hydrogen) atoms. The van der Waals surface area contributed by atoms with Gasteiger partial charge in [-0.15, -0.1) is 11.8 Å². The van der Waals surface area contributed by atoms with Crippen molar-refractivity contribution >= 4 is 29.5 Å². The highest BCUT2D eigenvalue weighted by atomic mass is 32.2. The van der Waals surface area contributed by atoms with Crippen LogP contribution in [0.2, 0.25) is 0 Å². The van der Waals surface area contributed by atoms with Gasteiger partial charge in [0, 0.05) is 38.5 Å². The monoisotopic (exact) mass is 496 g/mol. The van der Waals surface area contributed by atoms with Crippen molar-refractivity contribution in [1.82, 2.24) is 20.4 Å². The van der Waals surface area contributed by atoms with Gasteiger partial charge in [0.25, 0.3) is 0 Å². The molecule has 0 aliphatic carbocycles. The fraction of sp³-hybridized carbons (Fsp3) is 0.875. The lowest BCUT2D eigenvalue weighted by Crippen LogP contribution is -2.60. The Kier molecular flexibility index (Phi) is 7.81. The quantitative estimate of drug-likeness (QED) is 0.410. The number of hydrogen-bond acceptors (Lipinski definition) is 7. The number of fused-ring (bicyclic) bond motifs is 1. The fourth-order valence-corrected chi connectivity index (χ4v) is 9.06. The van der Waals surface area contributed by atoms with E-state index in [4.69, 9.17) is 4.74 Å². The van der Waals surface area contributed by atoms with E-state index in [1.807, 2.05) is 13.8 Å². The van der Waals surface area contributed by atoms with E-state index in [1.165, 1.54) is 0 Å². The van der Waals surface area contributed by atoms with Crippen LogP contribution < -0.4 is 10.6 Å². The maximum atomic E-state index is 14.0. The molecule has 9 nitrogen and oxygen atoms in total. The van der Waals surface area contributed by atoms with Crippen LogP contribution in [-0.2, 0) is 19.1 Å². The maximum Gasteiger partial charge on any atom is 0.244 e. The first-order chi connectivity index (χ1) is 16.3. The highest BCUT2D eigenvalue weighted by molar-refractivity contribution is 8.02. The molecule has 1 spiro atoms. The lowest BCUT2D eigenvalue weighted by molar-refractivity contribution is -0.143. The molecule has 3 unspecified atom stereocenters. The Morgan fingerprint density at radius 3 is 2.62 bits per heavy atom. The number of aliphatic hydroxyl groups is 1. The number of hydrogen-bond donors (Lipinski definition) is 3. The number of rotatable bonds is 9. The van der Waals surface area contributed by atoms with Crippen LogP contribution in [0.1, 0.15) is 33.6 Å². The summed E-state index contributed by atoms with van der Waals surface area (Å²) in [6, 6.07) is -1.15. The molecule has 4 heterocycles. The van der Waals surface area contributed by atoms with Crippen LogP contribution in [-0.4, -0.2) is 108 Å². The van der Waals surface area contributed by atoms with Crippen LogP contribution in [0.4, 0.5) is 0 Å². The predicted octanol–water partition coefficient (Wildman–Crippen LogP) is -0.0750. The van der Waals surface area contributed by atoms with Crippen molar-refractivity contribution in [2.75, 3.05) is 53.0 Å². The number of morpholine rings is 1. The Morgan fingerprint density at radius 1 is 1.29 bits per heavy atom. The van der Waals surface area contributed by atoms with Gasteiger partial charge in [-0.3, -0.25) is 19.3 Å². The van der Waals surface area contributed by atoms with Crippen molar-refractivity contribution in [3.8, 4) is 0 Å². The number of aliphatic hydroxyl groups excluding tert-OH is 1. The predicted molar refractivity (Wildman–Crippen MR) is 130 cm³/mol. The standard InChI is InChI=1S/C24H40N4O5S/c1-5-14(2)16(13-29)28-20(22(31)26-6-7-27-8-10-33-11-9-27)24-15(3)12-17(34-24)18(21(30)25-4)19(24)23(28)32/h14-20,29H,5-13H2,1-4H3,(H,25,30)(H,26,31)/t14-,15?,16-,17-,18+,19-,20?,24?/m0/s1. The first kappa shape index (κ1) is 25.7. The van der Waals surface area contributed by atoms with Crippen LogP contribution in [0.25, 0.3) is 0 Å². The number of likely N-dealkylation sites (tertiary alicyclic amines) is 1. The summed E-state index contributed by atoms with van der Waals surface area (Å²) in [7, 11) is 1.61. The largest absolute Gasteiger partial charge is 0.394 e. The lowest BCUT2D eigenvalue weighted by Gasteiger charge is -2.41. The summed E-state index contributed by atoms with van der Waals surface area (Å²) in [4.78, 5) is 44.7. The topological polar surface area (TPSA) is 111 Å². The lowest BCUT2D eigenvalue weighted by atomic mass is 9.66. The third kappa shape index (κ3) is 4.04. The third-order valence-corrected chi connectivity index (χ3v) is 10.7. The molecular weight excluding hydrogens is 456 g/mol. The van der Waals surface area contributed by atoms with Crippen molar-refractivity contribution < 1.29 is 24.2 Å². The number of nitrogens with one attached hydrogen (secondary N) is 2. The van der Waals surface area contributed by atoms with Gasteiger partial charge < -0.3 is 25.4 Å². The summed E-state index contributed by atoms with van der Waals surface area (Å²) in [5.41, 5.74) is 0. The Labute approximate surface area is 206 Å². The Morgan fingerprint density at radius 2 is 2.00 bits per heavy atom. The molecule has 4 aliphatic heterocycles. The minimum absolute atomic E-state index is 0.0313. The van der Waals surface area contributed by atoms with E-state index in [0.29, 0.717) is 19.8 Å². The van der Waals surface area contributed by atoms with Crippen molar-refractivity contribution in [3.63, 3.8) is 0 Å². The van der Waals surface area contributed by atoms with Gasteiger partial charge in [-0.1, -0.05) is 27.2 Å². The first-order valence-corrected chi connectivity index (χ1v) is 13.6. The van der Waals surface area contributed by atoms with E-state index >= 15 is 0 Å². The molecule has 0 aromatic heterocycles. The van der Waals surface area contributed by atoms with Crippen LogP contribution in [0.15, 0.2) is 0 Å². The number of thioether (sulfide) groups is 1. The van der Waals surface area contributed by atoms with Gasteiger partial charge in [-0.05, 0) is 18.3 Å². The second kappa shape index (κ2) is 10.3. The molecular formula is C24H40N4O5S. The van der Waals surface area contributed by atoms with E-state index in [9.17, 15) is 19.5 Å². The molecule has 3 N–H and O–H groups in total. The zero-order valence-corrected chi connectivity index (χ0v) is 21.6.